The topological polar surface area (TPSA) is 18.5 Å². The Labute approximate surface area is 116 Å². The Bertz CT molecular complexity index is 412. The fourth-order valence-electron chi connectivity index (χ4n) is 1.74. The van der Waals surface area contributed by atoms with Gasteiger partial charge in [0.15, 0.2) is 0 Å². The number of aryl methyl sites for hydroxylation is 1. The molecule has 0 bridgehead atoms. The van der Waals surface area contributed by atoms with Crippen LogP contribution in [0.1, 0.15) is 39.5 Å². The van der Waals surface area contributed by atoms with Crippen LogP contribution in [-0.4, -0.2) is 18.3 Å². The van der Waals surface area contributed by atoms with E-state index < -0.39 is 0 Å². The van der Waals surface area contributed by atoms with Crippen molar-refractivity contribution in [3.63, 3.8) is 0 Å². The van der Waals surface area contributed by atoms with Crippen molar-refractivity contribution < 1.29 is 9.31 Å². The third-order valence-electron chi connectivity index (χ3n) is 3.58. The summed E-state index contributed by atoms with van der Waals surface area (Å²) in [5.74, 6) is 0. The van der Waals surface area contributed by atoms with Gasteiger partial charge in [0.1, 0.15) is 0 Å². The Balaban J connectivity index is 2.26. The fourth-order valence-corrected chi connectivity index (χ4v) is 3.62. The minimum absolute atomic E-state index is 0.235. The van der Waals surface area contributed by atoms with Gasteiger partial charge in [-0.1, -0.05) is 6.92 Å². The molecule has 1 aromatic heterocycles. The zero-order valence-electron chi connectivity index (χ0n) is 11.0. The maximum atomic E-state index is 6.03. The van der Waals surface area contributed by atoms with Crippen LogP contribution in [0.25, 0.3) is 0 Å². The van der Waals surface area contributed by atoms with E-state index in [0.29, 0.717) is 0 Å². The smallest absolute Gasteiger partial charge is 0.399 e. The van der Waals surface area contributed by atoms with Gasteiger partial charge in [0.25, 0.3) is 0 Å². The summed E-state index contributed by atoms with van der Waals surface area (Å²) in [6.07, 6.45) is 1.03. The Morgan fingerprint density at radius 3 is 2.18 bits per heavy atom. The standard InChI is InChI=1S/C12H18BBrO2S/c1-6-9-8(14)7-10(17-9)13-15-11(2,3)12(4,5)16-13/h7H,6H2,1-5H3. The summed E-state index contributed by atoms with van der Waals surface area (Å²) in [4.78, 5) is 1.34. The number of rotatable bonds is 2. The summed E-state index contributed by atoms with van der Waals surface area (Å²) < 4.78 is 14.4. The van der Waals surface area contributed by atoms with Crippen LogP contribution in [0.5, 0.6) is 0 Å². The van der Waals surface area contributed by atoms with E-state index in [1.807, 2.05) is 0 Å². The lowest BCUT2D eigenvalue weighted by Crippen LogP contribution is -2.41. The summed E-state index contributed by atoms with van der Waals surface area (Å²) in [6.45, 7) is 10.5. The van der Waals surface area contributed by atoms with Crippen molar-refractivity contribution in [2.24, 2.45) is 0 Å². The highest BCUT2D eigenvalue weighted by atomic mass is 79.9. The third-order valence-corrected chi connectivity index (χ3v) is 5.85. The van der Waals surface area contributed by atoms with Crippen molar-refractivity contribution in [3.05, 3.63) is 15.4 Å². The first-order valence-electron chi connectivity index (χ1n) is 5.90. The molecular weight excluding hydrogens is 299 g/mol. The Morgan fingerprint density at radius 1 is 1.24 bits per heavy atom. The van der Waals surface area contributed by atoms with E-state index in [4.69, 9.17) is 9.31 Å². The van der Waals surface area contributed by atoms with Gasteiger partial charge >= 0.3 is 7.12 Å². The van der Waals surface area contributed by atoms with Gasteiger partial charge in [-0.15, -0.1) is 11.3 Å². The average Bonchev–Trinajstić information content (AvgIpc) is 2.66. The zero-order valence-corrected chi connectivity index (χ0v) is 13.4. The third kappa shape index (κ3) is 2.35. The number of halogens is 1. The number of hydrogen-bond acceptors (Lipinski definition) is 3. The predicted molar refractivity (Wildman–Crippen MR) is 77.1 cm³/mol. The first-order chi connectivity index (χ1) is 7.77. The second-order valence-corrected chi connectivity index (χ2v) is 7.38. The molecule has 0 atom stereocenters. The summed E-state index contributed by atoms with van der Waals surface area (Å²) >= 11 is 5.34. The second kappa shape index (κ2) is 4.37. The molecule has 1 aliphatic heterocycles. The predicted octanol–water partition coefficient (Wildman–Crippen LogP) is 3.37. The maximum absolute atomic E-state index is 6.03. The molecule has 17 heavy (non-hydrogen) atoms. The van der Waals surface area contributed by atoms with Gasteiger partial charge < -0.3 is 9.31 Å². The van der Waals surface area contributed by atoms with E-state index in [0.717, 1.165) is 15.7 Å². The SMILES string of the molecule is CCc1sc(B2OC(C)(C)C(C)(C)O2)cc1Br. The molecule has 0 aromatic carbocycles. The van der Waals surface area contributed by atoms with E-state index >= 15 is 0 Å². The average molecular weight is 317 g/mol. The highest BCUT2D eigenvalue weighted by molar-refractivity contribution is 9.10. The maximum Gasteiger partial charge on any atom is 0.505 e. The van der Waals surface area contributed by atoms with Crippen LogP contribution in [0.3, 0.4) is 0 Å². The van der Waals surface area contributed by atoms with Crippen LogP contribution in [0.4, 0.5) is 0 Å². The lowest BCUT2D eigenvalue weighted by molar-refractivity contribution is 0.00578. The monoisotopic (exact) mass is 316 g/mol. The quantitative estimate of drug-likeness (QED) is 0.779. The second-order valence-electron chi connectivity index (χ2n) is 5.36. The Morgan fingerprint density at radius 2 is 1.76 bits per heavy atom. The largest absolute Gasteiger partial charge is 0.505 e. The molecule has 1 saturated heterocycles. The Kier molecular flexibility index (Phi) is 3.49. The first-order valence-corrected chi connectivity index (χ1v) is 7.51. The minimum atomic E-state index is -0.263. The van der Waals surface area contributed by atoms with Crippen molar-refractivity contribution in [2.45, 2.75) is 52.2 Å². The van der Waals surface area contributed by atoms with E-state index in [1.54, 1.807) is 11.3 Å². The molecule has 1 aromatic rings. The number of thiophene rings is 1. The van der Waals surface area contributed by atoms with Gasteiger partial charge in [-0.3, -0.25) is 0 Å². The van der Waals surface area contributed by atoms with Crippen molar-refractivity contribution in [1.29, 1.82) is 0 Å². The molecule has 1 aliphatic rings. The van der Waals surface area contributed by atoms with Crippen molar-refractivity contribution in [1.82, 2.24) is 0 Å². The highest BCUT2D eigenvalue weighted by Gasteiger charge is 2.52. The van der Waals surface area contributed by atoms with Gasteiger partial charge in [0, 0.05) is 14.1 Å². The molecule has 0 N–H and O–H groups in total. The van der Waals surface area contributed by atoms with Gasteiger partial charge in [0.05, 0.1) is 11.2 Å². The zero-order chi connectivity index (χ0) is 12.8. The van der Waals surface area contributed by atoms with Crippen LogP contribution in [0, 0.1) is 0 Å². The molecule has 1 fully saturated rings. The van der Waals surface area contributed by atoms with Gasteiger partial charge in [-0.25, -0.2) is 0 Å². The van der Waals surface area contributed by atoms with Crippen LogP contribution in [-0.2, 0) is 15.7 Å². The molecule has 2 rings (SSSR count). The summed E-state index contributed by atoms with van der Waals surface area (Å²) in [6, 6.07) is 2.12. The molecule has 0 radical (unpaired) electrons. The fraction of sp³-hybridized carbons (Fsp3) is 0.667. The van der Waals surface area contributed by atoms with Crippen LogP contribution in [0.2, 0.25) is 0 Å². The van der Waals surface area contributed by atoms with E-state index in [-0.39, 0.29) is 18.3 Å². The van der Waals surface area contributed by atoms with Crippen molar-refractivity contribution in [3.8, 4) is 0 Å². The van der Waals surface area contributed by atoms with E-state index in [2.05, 4.69) is 56.6 Å². The van der Waals surface area contributed by atoms with Gasteiger partial charge in [-0.05, 0) is 56.1 Å². The first kappa shape index (κ1) is 13.6. The summed E-state index contributed by atoms with van der Waals surface area (Å²) in [7, 11) is -0.235. The molecule has 0 amide bonds. The molecule has 2 heterocycles. The van der Waals surface area contributed by atoms with Crippen molar-refractivity contribution in [2.75, 3.05) is 0 Å². The normalized spacial score (nSPS) is 22.1. The summed E-state index contributed by atoms with van der Waals surface area (Å²) in [5.41, 5.74) is -0.527. The van der Waals surface area contributed by atoms with Gasteiger partial charge in [-0.2, -0.15) is 0 Å². The molecule has 0 unspecified atom stereocenters. The van der Waals surface area contributed by atoms with Crippen LogP contribution in [0.15, 0.2) is 10.5 Å². The molecule has 0 saturated carbocycles. The summed E-state index contributed by atoms with van der Waals surface area (Å²) in [5, 5.41) is 0. The molecule has 0 aliphatic carbocycles. The molecule has 94 valence electrons. The van der Waals surface area contributed by atoms with E-state index in [9.17, 15) is 0 Å². The highest BCUT2D eigenvalue weighted by Crippen LogP contribution is 2.37. The molecular formula is C12H18BBrO2S. The Hall–Kier alpha value is 0.165. The molecule has 5 heteroatoms. The van der Waals surface area contributed by atoms with Crippen molar-refractivity contribution >= 4 is 39.2 Å². The van der Waals surface area contributed by atoms with Crippen LogP contribution >= 0.6 is 27.3 Å². The van der Waals surface area contributed by atoms with Gasteiger partial charge in [0.2, 0.25) is 0 Å². The minimum Gasteiger partial charge on any atom is -0.399 e. The number of hydrogen-bond donors (Lipinski definition) is 0. The lowest BCUT2D eigenvalue weighted by atomic mass is 9.88. The lowest BCUT2D eigenvalue weighted by Gasteiger charge is -2.32. The molecule has 0 spiro atoms. The van der Waals surface area contributed by atoms with Crippen LogP contribution < -0.4 is 4.78 Å². The molecule has 2 nitrogen and oxygen atoms in total. The van der Waals surface area contributed by atoms with E-state index in [1.165, 1.54) is 4.88 Å².